The first-order chi connectivity index (χ1) is 12.8. The van der Waals surface area contributed by atoms with E-state index in [4.69, 9.17) is 0 Å². The third-order valence-corrected chi connectivity index (χ3v) is 3.25. The van der Waals surface area contributed by atoms with E-state index in [2.05, 4.69) is 15.3 Å². The van der Waals surface area contributed by atoms with Crippen LogP contribution in [0.2, 0.25) is 0 Å². The Morgan fingerprint density at radius 2 is 0.793 bits per heavy atom. The van der Waals surface area contributed by atoms with Gasteiger partial charge >= 0.3 is 18.5 Å². The molecule has 29 heavy (non-hydrogen) atoms. The van der Waals surface area contributed by atoms with Crippen LogP contribution in [0.1, 0.15) is 17.1 Å². The Hall–Kier alpha value is -2.61. The number of nitrogens with zero attached hydrogens (tertiary/aromatic N) is 6. The number of alkyl halides is 9. The van der Waals surface area contributed by atoms with E-state index in [0.29, 0.717) is 50.8 Å². The van der Waals surface area contributed by atoms with E-state index in [0.717, 1.165) is 0 Å². The van der Waals surface area contributed by atoms with Crippen molar-refractivity contribution >= 4 is 0 Å². The van der Waals surface area contributed by atoms with Crippen LogP contribution in [-0.4, -0.2) is 29.3 Å². The second-order valence-corrected chi connectivity index (χ2v) is 5.23. The summed E-state index contributed by atoms with van der Waals surface area (Å²) in [7, 11) is 0. The first kappa shape index (κ1) is 22.7. The van der Waals surface area contributed by atoms with E-state index in [1.54, 1.807) is 0 Å². The normalized spacial score (nSPS) is 12.7. The van der Waals surface area contributed by atoms with Gasteiger partial charge in [0.25, 0.3) is 0 Å². The van der Waals surface area contributed by atoms with Crippen LogP contribution in [0.4, 0.5) is 39.5 Å². The molecule has 0 aliphatic rings. The van der Waals surface area contributed by atoms with E-state index in [1.807, 2.05) is 0 Å². The summed E-state index contributed by atoms with van der Waals surface area (Å²) in [6, 6.07) is 1.47. The summed E-state index contributed by atoms with van der Waals surface area (Å²) >= 11 is 0. The molecule has 0 saturated carbocycles. The van der Waals surface area contributed by atoms with Crippen LogP contribution in [0.5, 0.6) is 0 Å². The van der Waals surface area contributed by atoms with Crippen molar-refractivity contribution in [2.45, 2.75) is 18.5 Å². The molecule has 159 valence electrons. The van der Waals surface area contributed by atoms with Gasteiger partial charge in [0.15, 0.2) is 23.4 Å². The van der Waals surface area contributed by atoms with E-state index in [-0.39, 0.29) is 17.1 Å². The molecular weight excluding hydrogens is 466 g/mol. The van der Waals surface area contributed by atoms with Gasteiger partial charge in [-0.2, -0.15) is 54.8 Å². The van der Waals surface area contributed by atoms with Crippen LogP contribution < -0.4 is 0 Å². The van der Waals surface area contributed by atoms with Crippen LogP contribution in [-0.2, 0) is 35.6 Å². The first-order valence-electron chi connectivity index (χ1n) is 7.03. The molecule has 0 aromatic carbocycles. The summed E-state index contributed by atoms with van der Waals surface area (Å²) in [6.45, 7) is 0. The molecule has 16 heteroatoms. The summed E-state index contributed by atoms with van der Waals surface area (Å²) in [5.74, 6) is 0. The summed E-state index contributed by atoms with van der Waals surface area (Å²) in [4.78, 5) is 0. The van der Waals surface area contributed by atoms with Crippen LogP contribution >= 0.6 is 0 Å². The standard InChI is InChI=1S/C13H6F9N6.Mn/c14-11(15,16)7-1-4-26(23-7)10(27-5-2-8(24-27)12(17,18)19)28-6-3-9(25-28)13(20,21)22;/h1-6H;/q-1;. The van der Waals surface area contributed by atoms with Gasteiger partial charge in [0.1, 0.15) is 0 Å². The third-order valence-electron chi connectivity index (χ3n) is 3.25. The molecule has 3 heterocycles. The van der Waals surface area contributed by atoms with Gasteiger partial charge in [-0.1, -0.05) is 18.2 Å². The van der Waals surface area contributed by atoms with Gasteiger partial charge in [0.2, 0.25) is 0 Å². The fourth-order valence-corrected chi connectivity index (χ4v) is 2.07. The van der Waals surface area contributed by atoms with E-state index in [1.165, 1.54) is 0 Å². The maximum absolute atomic E-state index is 12.8. The molecule has 0 saturated heterocycles. The van der Waals surface area contributed by atoms with Crippen LogP contribution in [0, 0.1) is 6.29 Å². The first-order valence-corrected chi connectivity index (χ1v) is 7.03. The van der Waals surface area contributed by atoms with Crippen molar-refractivity contribution < 1.29 is 56.6 Å². The summed E-state index contributed by atoms with van der Waals surface area (Å²) < 4.78 is 116. The number of hydrogen-bond acceptors (Lipinski definition) is 3. The van der Waals surface area contributed by atoms with Crippen molar-refractivity contribution in [3.05, 3.63) is 60.2 Å². The number of halogens is 9. The minimum absolute atomic E-state index is 0. The smallest absolute Gasteiger partial charge is 0.286 e. The van der Waals surface area contributed by atoms with Gasteiger partial charge in [-0.05, 0) is 18.6 Å². The Morgan fingerprint density at radius 1 is 0.552 bits per heavy atom. The molecule has 0 atom stereocenters. The van der Waals surface area contributed by atoms with Gasteiger partial charge < -0.3 is 0 Å². The van der Waals surface area contributed by atoms with Crippen molar-refractivity contribution in [1.29, 1.82) is 0 Å². The van der Waals surface area contributed by atoms with Crippen molar-refractivity contribution in [1.82, 2.24) is 29.3 Å². The number of aromatic nitrogens is 6. The molecule has 0 aliphatic carbocycles. The largest absolute Gasteiger partial charge is 0.434 e. The van der Waals surface area contributed by atoms with Crippen molar-refractivity contribution in [2.75, 3.05) is 0 Å². The summed E-state index contributed by atoms with van der Waals surface area (Å²) in [5.41, 5.74) is -4.26. The topological polar surface area (TPSA) is 53.5 Å². The predicted molar refractivity (Wildman–Crippen MR) is 71.1 cm³/mol. The molecular formula is C13H6F9MnN6-. The molecule has 0 bridgehead atoms. The maximum atomic E-state index is 12.8. The number of rotatable bonds is 3. The molecule has 0 aliphatic heterocycles. The molecule has 3 aromatic heterocycles. The third kappa shape index (κ3) is 4.70. The maximum Gasteiger partial charge on any atom is 0.434 e. The zero-order valence-corrected chi connectivity index (χ0v) is 14.6. The fraction of sp³-hybridized carbons (Fsp3) is 0.231. The molecule has 1 radical (unpaired) electrons. The molecule has 0 spiro atoms. The Labute approximate surface area is 165 Å². The van der Waals surface area contributed by atoms with Gasteiger partial charge in [0.05, 0.1) is 0 Å². The van der Waals surface area contributed by atoms with Gasteiger partial charge in [-0.3, -0.25) is 14.0 Å². The molecule has 0 amide bonds. The molecule has 3 rings (SSSR count). The Balaban J connectivity index is 0.00000300. The van der Waals surface area contributed by atoms with E-state index >= 15 is 0 Å². The van der Waals surface area contributed by atoms with Gasteiger partial charge in [-0.25, -0.2) is 0 Å². The molecule has 0 N–H and O–H groups in total. The number of hydrogen-bond donors (Lipinski definition) is 0. The molecule has 6 nitrogen and oxygen atoms in total. The van der Waals surface area contributed by atoms with Gasteiger partial charge in [0, 0.05) is 17.1 Å². The minimum Gasteiger partial charge on any atom is -0.286 e. The average Bonchev–Trinajstić information content (AvgIpc) is 3.26. The second-order valence-electron chi connectivity index (χ2n) is 5.23. The van der Waals surface area contributed by atoms with Crippen molar-refractivity contribution in [3.8, 4) is 0 Å². The predicted octanol–water partition coefficient (Wildman–Crippen LogP) is 3.72. The van der Waals surface area contributed by atoms with E-state index < -0.39 is 41.9 Å². The quantitative estimate of drug-likeness (QED) is 0.332. The molecule has 0 fully saturated rings. The van der Waals surface area contributed by atoms with Crippen LogP contribution in [0.15, 0.2) is 36.8 Å². The van der Waals surface area contributed by atoms with Crippen molar-refractivity contribution in [3.63, 3.8) is 0 Å². The molecule has 3 aromatic rings. The molecule has 0 unspecified atom stereocenters. The SMILES string of the molecule is FC(F)(F)c1ccn([C-](n2ccc(C(F)(F)F)n2)n2ccc(C(F)(F)F)n2)n1.[Mn]. The van der Waals surface area contributed by atoms with Crippen LogP contribution in [0.3, 0.4) is 0 Å². The monoisotopic (exact) mass is 472 g/mol. The van der Waals surface area contributed by atoms with E-state index in [9.17, 15) is 39.5 Å². The summed E-state index contributed by atoms with van der Waals surface area (Å²) in [5, 5.41) is 9.44. The second kappa shape index (κ2) is 7.33. The Bertz CT molecular complexity index is 840. The minimum atomic E-state index is -4.89. The zero-order chi connectivity index (χ0) is 20.9. The van der Waals surface area contributed by atoms with Crippen LogP contribution in [0.25, 0.3) is 0 Å². The Kier molecular flexibility index (Phi) is 5.73. The van der Waals surface area contributed by atoms with Gasteiger partial charge in [-0.15, -0.1) is 0 Å². The van der Waals surface area contributed by atoms with Crippen molar-refractivity contribution in [2.24, 2.45) is 0 Å². The zero-order valence-electron chi connectivity index (χ0n) is 13.4. The summed E-state index contributed by atoms with van der Waals surface area (Å²) in [6.07, 6.45) is -13.3. The average molecular weight is 472 g/mol. The Morgan fingerprint density at radius 3 is 0.966 bits per heavy atom. The fourth-order valence-electron chi connectivity index (χ4n) is 2.07.